The molecule has 1 amide bonds. The van der Waals surface area contributed by atoms with E-state index in [9.17, 15) is 13.4 Å². The molecule has 1 atom stereocenters. The van der Waals surface area contributed by atoms with E-state index in [1.807, 2.05) is 13.8 Å². The van der Waals surface area contributed by atoms with Crippen LogP contribution in [0.2, 0.25) is 0 Å². The third-order valence-electron chi connectivity index (χ3n) is 3.06. The number of nitrogens with one attached hydrogen (secondary N) is 1. The van der Waals surface area contributed by atoms with E-state index in [4.69, 9.17) is 4.42 Å². The maximum Gasteiger partial charge on any atom is 0.291 e. The fraction of sp³-hybridized carbons (Fsp3) is 0.267. The van der Waals surface area contributed by atoms with Crippen LogP contribution in [0.1, 0.15) is 28.8 Å². The van der Waals surface area contributed by atoms with Crippen LogP contribution in [-0.4, -0.2) is 16.4 Å². The summed E-state index contributed by atoms with van der Waals surface area (Å²) in [7, 11) is -1.40. The predicted molar refractivity (Wildman–Crippen MR) is 79.5 cm³/mol. The lowest BCUT2D eigenvalue weighted by atomic mass is 10.2. The zero-order chi connectivity index (χ0) is 15.6. The first-order valence-corrected chi connectivity index (χ1v) is 8.01. The summed E-state index contributed by atoms with van der Waals surface area (Å²) < 4.78 is 30.4. The van der Waals surface area contributed by atoms with Crippen LogP contribution in [0, 0.1) is 12.7 Å². The minimum absolute atomic E-state index is 0.107. The summed E-state index contributed by atoms with van der Waals surface area (Å²) in [6.45, 7) is 3.80. The van der Waals surface area contributed by atoms with E-state index >= 15 is 0 Å². The molecule has 1 unspecified atom stereocenters. The molecule has 6 heteroatoms. The SMILES string of the molecule is CCc1oc(C(=O)Nc2ccc(S(C)=O)c(F)c2)cc1C. The molecule has 0 bridgehead atoms. The number of carbonyl (C=O) groups is 1. The van der Waals surface area contributed by atoms with Gasteiger partial charge >= 0.3 is 0 Å². The number of furan rings is 1. The third-order valence-corrected chi connectivity index (χ3v) is 4.02. The molecule has 1 heterocycles. The first kappa shape index (κ1) is 15.4. The van der Waals surface area contributed by atoms with Gasteiger partial charge in [-0.1, -0.05) is 6.92 Å². The Hall–Kier alpha value is -1.95. The number of rotatable bonds is 4. The van der Waals surface area contributed by atoms with Crippen LogP contribution in [0.5, 0.6) is 0 Å². The highest BCUT2D eigenvalue weighted by atomic mass is 32.2. The molecule has 0 saturated heterocycles. The van der Waals surface area contributed by atoms with E-state index < -0.39 is 22.5 Å². The van der Waals surface area contributed by atoms with E-state index in [-0.39, 0.29) is 10.7 Å². The lowest BCUT2D eigenvalue weighted by Crippen LogP contribution is -2.11. The maximum atomic E-state index is 13.7. The fourth-order valence-corrected chi connectivity index (χ4v) is 2.58. The van der Waals surface area contributed by atoms with Crippen LogP contribution in [0.25, 0.3) is 0 Å². The Kier molecular flexibility index (Phi) is 4.57. The predicted octanol–water partition coefficient (Wildman–Crippen LogP) is 3.28. The van der Waals surface area contributed by atoms with Crippen LogP contribution in [0.15, 0.2) is 33.6 Å². The van der Waals surface area contributed by atoms with Crippen LogP contribution in [0.3, 0.4) is 0 Å². The van der Waals surface area contributed by atoms with Crippen molar-refractivity contribution in [2.24, 2.45) is 0 Å². The lowest BCUT2D eigenvalue weighted by molar-refractivity contribution is 0.0995. The van der Waals surface area contributed by atoms with Crippen LogP contribution in [-0.2, 0) is 17.2 Å². The Morgan fingerprint density at radius 2 is 2.10 bits per heavy atom. The number of amides is 1. The van der Waals surface area contributed by atoms with Crippen LogP contribution in [0.4, 0.5) is 10.1 Å². The molecule has 0 saturated carbocycles. The number of carbonyl (C=O) groups excluding carboxylic acids is 1. The quantitative estimate of drug-likeness (QED) is 0.943. The molecule has 0 aliphatic carbocycles. The largest absolute Gasteiger partial charge is 0.456 e. The average molecular weight is 309 g/mol. The topological polar surface area (TPSA) is 59.3 Å². The van der Waals surface area contributed by atoms with Crippen molar-refractivity contribution < 1.29 is 17.8 Å². The van der Waals surface area contributed by atoms with Gasteiger partial charge in [0.25, 0.3) is 5.91 Å². The Balaban J connectivity index is 2.19. The van der Waals surface area contributed by atoms with Gasteiger partial charge in [0.2, 0.25) is 0 Å². The highest BCUT2D eigenvalue weighted by Gasteiger charge is 2.15. The van der Waals surface area contributed by atoms with Gasteiger partial charge in [0.15, 0.2) is 5.76 Å². The van der Waals surface area contributed by atoms with Gasteiger partial charge in [-0.3, -0.25) is 9.00 Å². The van der Waals surface area contributed by atoms with Crippen molar-refractivity contribution in [2.75, 3.05) is 11.6 Å². The summed E-state index contributed by atoms with van der Waals surface area (Å²) in [5.41, 5.74) is 1.20. The molecule has 0 fully saturated rings. The number of halogens is 1. The molecule has 1 aromatic heterocycles. The molecular weight excluding hydrogens is 293 g/mol. The second kappa shape index (κ2) is 6.22. The number of benzene rings is 1. The van der Waals surface area contributed by atoms with Gasteiger partial charge in [0.05, 0.1) is 15.7 Å². The Labute approximate surface area is 124 Å². The van der Waals surface area contributed by atoms with Crippen molar-refractivity contribution in [3.05, 3.63) is 47.2 Å². The molecule has 0 aliphatic heterocycles. The normalized spacial score (nSPS) is 12.2. The molecule has 1 aromatic carbocycles. The highest BCUT2D eigenvalue weighted by molar-refractivity contribution is 7.84. The molecule has 1 N–H and O–H groups in total. The maximum absolute atomic E-state index is 13.7. The van der Waals surface area contributed by atoms with Crippen molar-refractivity contribution in [3.63, 3.8) is 0 Å². The number of hydrogen-bond acceptors (Lipinski definition) is 3. The molecule has 4 nitrogen and oxygen atoms in total. The zero-order valence-electron chi connectivity index (χ0n) is 12.0. The highest BCUT2D eigenvalue weighted by Crippen LogP contribution is 2.20. The molecule has 0 radical (unpaired) electrons. The molecular formula is C15H16FNO3S. The van der Waals surface area contributed by atoms with Gasteiger partial charge in [-0.2, -0.15) is 0 Å². The van der Waals surface area contributed by atoms with Crippen molar-refractivity contribution >= 4 is 22.4 Å². The Morgan fingerprint density at radius 3 is 2.62 bits per heavy atom. The van der Waals surface area contributed by atoms with Gasteiger partial charge in [-0.15, -0.1) is 0 Å². The van der Waals surface area contributed by atoms with Crippen molar-refractivity contribution in [1.82, 2.24) is 0 Å². The summed E-state index contributed by atoms with van der Waals surface area (Å²) in [6, 6.07) is 5.70. The molecule has 112 valence electrons. The molecule has 2 aromatic rings. The van der Waals surface area contributed by atoms with Gasteiger partial charge in [-0.05, 0) is 36.8 Å². The third kappa shape index (κ3) is 3.39. The minimum atomic E-state index is -1.40. The summed E-state index contributed by atoms with van der Waals surface area (Å²) in [5.74, 6) is -0.114. The zero-order valence-corrected chi connectivity index (χ0v) is 12.8. The van der Waals surface area contributed by atoms with E-state index in [1.54, 1.807) is 6.07 Å². The van der Waals surface area contributed by atoms with E-state index in [2.05, 4.69) is 5.32 Å². The lowest BCUT2D eigenvalue weighted by Gasteiger charge is -2.05. The summed E-state index contributed by atoms with van der Waals surface area (Å²) >= 11 is 0. The number of aryl methyl sites for hydroxylation is 2. The van der Waals surface area contributed by atoms with Gasteiger partial charge in [0, 0.05) is 18.4 Å². The number of anilines is 1. The van der Waals surface area contributed by atoms with Crippen molar-refractivity contribution in [3.8, 4) is 0 Å². The molecule has 0 aliphatic rings. The summed E-state index contributed by atoms with van der Waals surface area (Å²) in [4.78, 5) is 12.1. The standard InChI is InChI=1S/C15H16FNO3S/c1-4-12-9(2)7-13(20-12)15(18)17-10-5-6-14(21(3)19)11(16)8-10/h5-8H,4H2,1-3H3,(H,17,18). The second-order valence-corrected chi connectivity index (χ2v) is 5.97. The van der Waals surface area contributed by atoms with Gasteiger partial charge in [-0.25, -0.2) is 4.39 Å². The van der Waals surface area contributed by atoms with Crippen LogP contribution >= 0.6 is 0 Å². The first-order chi connectivity index (χ1) is 9.92. The molecule has 21 heavy (non-hydrogen) atoms. The monoisotopic (exact) mass is 309 g/mol. The molecule has 2 rings (SSSR count). The fourth-order valence-electron chi connectivity index (χ4n) is 1.99. The van der Waals surface area contributed by atoms with E-state index in [1.165, 1.54) is 18.4 Å². The minimum Gasteiger partial charge on any atom is -0.456 e. The van der Waals surface area contributed by atoms with E-state index in [0.717, 1.165) is 17.4 Å². The van der Waals surface area contributed by atoms with Gasteiger partial charge < -0.3 is 9.73 Å². The Bertz CT molecular complexity index is 709. The summed E-state index contributed by atoms with van der Waals surface area (Å²) in [6.07, 6.45) is 2.10. The average Bonchev–Trinajstić information content (AvgIpc) is 2.79. The van der Waals surface area contributed by atoms with Crippen LogP contribution < -0.4 is 5.32 Å². The molecule has 0 spiro atoms. The Morgan fingerprint density at radius 1 is 1.38 bits per heavy atom. The van der Waals surface area contributed by atoms with Crippen molar-refractivity contribution in [2.45, 2.75) is 25.2 Å². The van der Waals surface area contributed by atoms with Crippen molar-refractivity contribution in [1.29, 1.82) is 0 Å². The smallest absolute Gasteiger partial charge is 0.291 e. The summed E-state index contributed by atoms with van der Waals surface area (Å²) in [5, 5.41) is 2.56. The second-order valence-electron chi connectivity index (χ2n) is 4.62. The van der Waals surface area contributed by atoms with Gasteiger partial charge in [0.1, 0.15) is 11.6 Å². The number of hydrogen-bond donors (Lipinski definition) is 1. The first-order valence-electron chi connectivity index (χ1n) is 6.46. The van der Waals surface area contributed by atoms with E-state index in [0.29, 0.717) is 12.1 Å².